The number of ketones is 1. The molecule has 0 radical (unpaired) electrons. The number of halogens is 1. The van der Waals surface area contributed by atoms with Crippen LogP contribution in [0.5, 0.6) is 0 Å². The molecule has 5 heteroatoms. The zero-order valence-electron chi connectivity index (χ0n) is 14.2. The van der Waals surface area contributed by atoms with E-state index < -0.39 is 6.04 Å². The van der Waals surface area contributed by atoms with Crippen LogP contribution < -0.4 is 4.57 Å². The molecule has 1 aromatic carbocycles. The number of Topliss-reactive ketones (excluding diaryl/α,β-unsaturated/α-hetero) is 1. The van der Waals surface area contributed by atoms with E-state index in [-0.39, 0.29) is 16.6 Å². The summed E-state index contributed by atoms with van der Waals surface area (Å²) in [6, 6.07) is 8.68. The minimum Gasteiger partial charge on any atom is -0.758 e. The zero-order valence-corrected chi connectivity index (χ0v) is 15.0. The van der Waals surface area contributed by atoms with E-state index in [9.17, 15) is 9.18 Å². The summed E-state index contributed by atoms with van der Waals surface area (Å²) in [4.78, 5) is 17.2. The van der Waals surface area contributed by atoms with Gasteiger partial charge in [0.2, 0.25) is 11.8 Å². The van der Waals surface area contributed by atoms with E-state index in [4.69, 9.17) is 12.6 Å². The summed E-state index contributed by atoms with van der Waals surface area (Å²) in [5.74, 6) is -0.602. The van der Waals surface area contributed by atoms with Crippen molar-refractivity contribution in [1.82, 2.24) is 0 Å². The molecule has 0 amide bonds. The molecule has 0 aliphatic rings. The molecule has 1 heterocycles. The fourth-order valence-corrected chi connectivity index (χ4v) is 2.79. The standard InChI is InChI=1S/C20H21FN2OS/c1-3-5-15-10-13-23(14-11-15)18(20(25)22-12-4-2)19(24)16-6-8-17(21)9-7-16/h4,6-11,13-14,18H,2-3,5,12H2,1H3/t18-/m0/s1. The second-order valence-corrected chi connectivity index (χ2v) is 6.06. The maximum atomic E-state index is 13.1. The van der Waals surface area contributed by atoms with Crippen molar-refractivity contribution >= 4 is 23.5 Å². The molecule has 25 heavy (non-hydrogen) atoms. The van der Waals surface area contributed by atoms with Crippen molar-refractivity contribution in [2.75, 3.05) is 6.54 Å². The van der Waals surface area contributed by atoms with Gasteiger partial charge in [0.05, 0.1) is 6.54 Å². The van der Waals surface area contributed by atoms with Crippen molar-refractivity contribution in [1.29, 1.82) is 0 Å². The van der Waals surface area contributed by atoms with Crippen LogP contribution in [0.4, 0.5) is 4.39 Å². The molecule has 0 aliphatic carbocycles. The van der Waals surface area contributed by atoms with Crippen LogP contribution in [-0.2, 0) is 19.0 Å². The first-order chi connectivity index (χ1) is 12.1. The molecule has 0 aliphatic heterocycles. The predicted octanol–water partition coefficient (Wildman–Crippen LogP) is 3.62. The summed E-state index contributed by atoms with van der Waals surface area (Å²) >= 11 is 5.38. The van der Waals surface area contributed by atoms with Gasteiger partial charge in [-0.05, 0) is 41.3 Å². The van der Waals surface area contributed by atoms with Crippen molar-refractivity contribution < 1.29 is 13.8 Å². The lowest BCUT2D eigenvalue weighted by atomic mass is 10.0. The van der Waals surface area contributed by atoms with Crippen LogP contribution in [-0.4, -0.2) is 17.4 Å². The number of hydrogen-bond donors (Lipinski definition) is 0. The van der Waals surface area contributed by atoms with Gasteiger partial charge in [-0.25, -0.2) is 4.39 Å². The van der Waals surface area contributed by atoms with Crippen LogP contribution in [0.3, 0.4) is 0 Å². The third-order valence-electron chi connectivity index (χ3n) is 3.75. The van der Waals surface area contributed by atoms with Gasteiger partial charge in [-0.1, -0.05) is 19.4 Å². The van der Waals surface area contributed by atoms with Gasteiger partial charge in [-0.15, -0.1) is 6.58 Å². The van der Waals surface area contributed by atoms with E-state index in [0.717, 1.165) is 12.8 Å². The fraction of sp³-hybridized carbons (Fsp3) is 0.250. The Hall–Kier alpha value is -2.40. The molecule has 0 N–H and O–H groups in total. The fourth-order valence-electron chi connectivity index (χ4n) is 2.48. The van der Waals surface area contributed by atoms with E-state index in [1.54, 1.807) is 10.6 Å². The molecule has 1 aromatic heterocycles. The Bertz CT molecular complexity index is 754. The first-order valence-corrected chi connectivity index (χ1v) is 8.59. The third kappa shape index (κ3) is 5.03. The van der Waals surface area contributed by atoms with Crippen LogP contribution >= 0.6 is 0 Å². The predicted molar refractivity (Wildman–Crippen MR) is 100 cm³/mol. The highest BCUT2D eigenvalue weighted by atomic mass is 32.1. The molecular weight excluding hydrogens is 335 g/mol. The van der Waals surface area contributed by atoms with Crippen molar-refractivity contribution in [2.45, 2.75) is 25.8 Å². The van der Waals surface area contributed by atoms with E-state index >= 15 is 0 Å². The maximum absolute atomic E-state index is 13.1. The van der Waals surface area contributed by atoms with Gasteiger partial charge in [0.15, 0.2) is 12.4 Å². The molecule has 0 unspecified atom stereocenters. The van der Waals surface area contributed by atoms with E-state index in [0.29, 0.717) is 12.1 Å². The SMILES string of the molecule is C=CCN=C([S-])[C@H](C(=O)c1ccc(F)cc1)[n+]1ccc(CCC)cc1. The number of aromatic nitrogens is 1. The van der Waals surface area contributed by atoms with Gasteiger partial charge in [0.1, 0.15) is 5.82 Å². The summed E-state index contributed by atoms with van der Waals surface area (Å²) in [5.41, 5.74) is 1.59. The average Bonchev–Trinajstić information content (AvgIpc) is 2.62. The number of hydrogen-bond acceptors (Lipinski definition) is 3. The molecule has 0 saturated carbocycles. The van der Waals surface area contributed by atoms with Crippen LogP contribution in [0.1, 0.15) is 35.3 Å². The quantitative estimate of drug-likeness (QED) is 0.181. The molecule has 0 bridgehead atoms. The summed E-state index contributed by atoms with van der Waals surface area (Å²) in [5, 5.41) is 0.280. The summed E-state index contributed by atoms with van der Waals surface area (Å²) < 4.78 is 14.9. The molecule has 2 rings (SSSR count). The number of aliphatic imine (C=N–C) groups is 1. The molecule has 0 spiro atoms. The highest BCUT2D eigenvalue weighted by molar-refractivity contribution is 7.77. The minimum atomic E-state index is -0.740. The van der Waals surface area contributed by atoms with Gasteiger partial charge in [-0.2, -0.15) is 4.57 Å². The molecular formula is C20H21FN2OS. The molecule has 0 fully saturated rings. The number of nitrogens with zero attached hydrogens (tertiary/aromatic N) is 2. The van der Waals surface area contributed by atoms with E-state index in [2.05, 4.69) is 18.5 Å². The zero-order chi connectivity index (χ0) is 18.2. The van der Waals surface area contributed by atoms with Crippen molar-refractivity contribution in [3.05, 3.63) is 78.4 Å². The summed E-state index contributed by atoms with van der Waals surface area (Å²) in [6.45, 7) is 6.09. The highest BCUT2D eigenvalue weighted by Gasteiger charge is 2.28. The number of pyridine rings is 1. The van der Waals surface area contributed by atoms with E-state index in [1.807, 2.05) is 24.5 Å². The summed E-state index contributed by atoms with van der Waals surface area (Å²) in [7, 11) is 0. The highest BCUT2D eigenvalue weighted by Crippen LogP contribution is 2.13. The average molecular weight is 356 g/mol. The molecule has 130 valence electrons. The summed E-state index contributed by atoms with van der Waals surface area (Å²) in [6.07, 6.45) is 7.33. The molecule has 0 saturated heterocycles. The number of aryl methyl sites for hydroxylation is 1. The lowest BCUT2D eigenvalue weighted by Gasteiger charge is -2.18. The van der Waals surface area contributed by atoms with Crippen molar-refractivity contribution in [2.24, 2.45) is 4.99 Å². The first kappa shape index (κ1) is 18.9. The lowest BCUT2D eigenvalue weighted by molar-refractivity contribution is -0.692. The Kier molecular flexibility index (Phi) is 6.95. The third-order valence-corrected chi connectivity index (χ3v) is 4.10. The smallest absolute Gasteiger partial charge is 0.237 e. The Morgan fingerprint density at radius 1 is 1.28 bits per heavy atom. The Balaban J connectivity index is 2.40. The topological polar surface area (TPSA) is 33.3 Å². The molecule has 1 atom stereocenters. The van der Waals surface area contributed by atoms with Gasteiger partial charge in [0, 0.05) is 17.7 Å². The maximum Gasteiger partial charge on any atom is 0.237 e. The largest absolute Gasteiger partial charge is 0.758 e. The lowest BCUT2D eigenvalue weighted by Crippen LogP contribution is -2.47. The van der Waals surface area contributed by atoms with Gasteiger partial charge in [0.25, 0.3) is 0 Å². The number of carbonyl (C=O) groups excluding carboxylic acids is 1. The molecule has 3 nitrogen and oxygen atoms in total. The molecule has 2 aromatic rings. The normalized spacial score (nSPS) is 12.6. The Morgan fingerprint density at radius 2 is 1.92 bits per heavy atom. The number of carbonyl (C=O) groups is 1. The Morgan fingerprint density at radius 3 is 2.48 bits per heavy atom. The van der Waals surface area contributed by atoms with Gasteiger partial charge < -0.3 is 17.6 Å². The first-order valence-electron chi connectivity index (χ1n) is 8.18. The van der Waals surface area contributed by atoms with Crippen LogP contribution in [0.2, 0.25) is 0 Å². The van der Waals surface area contributed by atoms with Gasteiger partial charge in [-0.3, -0.25) is 4.79 Å². The second-order valence-electron chi connectivity index (χ2n) is 5.64. The van der Waals surface area contributed by atoms with Crippen LogP contribution in [0.25, 0.3) is 0 Å². The van der Waals surface area contributed by atoms with Gasteiger partial charge >= 0.3 is 0 Å². The number of benzene rings is 1. The van der Waals surface area contributed by atoms with E-state index in [1.165, 1.54) is 29.8 Å². The van der Waals surface area contributed by atoms with Crippen LogP contribution in [0.15, 0.2) is 66.4 Å². The van der Waals surface area contributed by atoms with Crippen molar-refractivity contribution in [3.8, 4) is 0 Å². The van der Waals surface area contributed by atoms with Crippen LogP contribution in [0, 0.1) is 5.82 Å². The van der Waals surface area contributed by atoms with Crippen molar-refractivity contribution in [3.63, 3.8) is 0 Å². The minimum absolute atomic E-state index is 0.217. The Labute approximate surface area is 153 Å². The number of rotatable bonds is 8. The second kappa shape index (κ2) is 9.18. The monoisotopic (exact) mass is 356 g/mol.